The molecule has 146 valence electrons. The minimum atomic E-state index is -0.349. The molecule has 3 aromatic carbocycles. The quantitative estimate of drug-likeness (QED) is 0.621. The van der Waals surface area contributed by atoms with Crippen LogP contribution in [-0.2, 0) is 11.2 Å². The molecule has 0 unspecified atom stereocenters. The third-order valence-electron chi connectivity index (χ3n) is 5.32. The van der Waals surface area contributed by atoms with Gasteiger partial charge in [-0.2, -0.15) is 0 Å². The lowest BCUT2D eigenvalue weighted by molar-refractivity contribution is 0.0252. The maximum Gasteiger partial charge on any atom is 0.339 e. The Hall–Kier alpha value is -3.40. The first kappa shape index (κ1) is 18.9. The average molecular weight is 385 g/mol. The zero-order valence-electron chi connectivity index (χ0n) is 16.8. The Bertz CT molecular complexity index is 1100. The van der Waals surface area contributed by atoms with Gasteiger partial charge >= 0.3 is 5.97 Å². The van der Waals surface area contributed by atoms with E-state index in [4.69, 9.17) is 4.74 Å². The molecule has 0 saturated carbocycles. The van der Waals surface area contributed by atoms with Gasteiger partial charge < -0.3 is 10.1 Å². The summed E-state index contributed by atoms with van der Waals surface area (Å²) >= 11 is 0. The van der Waals surface area contributed by atoms with Gasteiger partial charge in [-0.05, 0) is 61.7 Å². The molecule has 0 aromatic heterocycles. The van der Waals surface area contributed by atoms with E-state index in [1.54, 1.807) is 18.2 Å². The van der Waals surface area contributed by atoms with Crippen molar-refractivity contribution in [3.8, 4) is 0 Å². The maximum atomic E-state index is 12.8. The van der Waals surface area contributed by atoms with Crippen molar-refractivity contribution in [3.63, 3.8) is 0 Å². The molecule has 1 heterocycles. The number of fused-ring (bicyclic) bond motifs is 1. The number of amides is 1. The number of aryl methyl sites for hydroxylation is 3. The number of benzene rings is 3. The fourth-order valence-corrected chi connectivity index (χ4v) is 3.65. The summed E-state index contributed by atoms with van der Waals surface area (Å²) < 4.78 is 5.62. The first-order valence-electron chi connectivity index (χ1n) is 9.70. The molecule has 4 rings (SSSR count). The van der Waals surface area contributed by atoms with Gasteiger partial charge in [0.25, 0.3) is 5.91 Å². The molecule has 1 amide bonds. The third kappa shape index (κ3) is 3.92. The lowest BCUT2D eigenvalue weighted by Crippen LogP contribution is -2.23. The van der Waals surface area contributed by atoms with Crippen LogP contribution in [-0.4, -0.2) is 11.9 Å². The Morgan fingerprint density at radius 2 is 1.66 bits per heavy atom. The van der Waals surface area contributed by atoms with Crippen molar-refractivity contribution in [3.05, 3.63) is 99.6 Å². The second-order valence-corrected chi connectivity index (χ2v) is 7.65. The molecule has 4 nitrogen and oxygen atoms in total. The topological polar surface area (TPSA) is 55.4 Å². The van der Waals surface area contributed by atoms with Crippen LogP contribution >= 0.6 is 0 Å². The monoisotopic (exact) mass is 385 g/mol. The Morgan fingerprint density at radius 1 is 0.931 bits per heavy atom. The van der Waals surface area contributed by atoms with E-state index in [1.165, 1.54) is 0 Å². The van der Waals surface area contributed by atoms with Crippen LogP contribution in [0.1, 0.15) is 54.6 Å². The van der Waals surface area contributed by atoms with Gasteiger partial charge in [-0.25, -0.2) is 4.79 Å². The molecule has 0 radical (unpaired) electrons. The third-order valence-corrected chi connectivity index (χ3v) is 5.32. The van der Waals surface area contributed by atoms with Gasteiger partial charge in [-0.3, -0.25) is 4.79 Å². The van der Waals surface area contributed by atoms with Crippen LogP contribution in [0.2, 0.25) is 0 Å². The highest BCUT2D eigenvalue weighted by molar-refractivity contribution is 6.05. The normalized spacial score (nSPS) is 15.4. The number of hydrogen-bond acceptors (Lipinski definition) is 3. The van der Waals surface area contributed by atoms with E-state index < -0.39 is 0 Å². The van der Waals surface area contributed by atoms with Gasteiger partial charge in [0.1, 0.15) is 6.10 Å². The number of esters is 1. The van der Waals surface area contributed by atoms with Crippen molar-refractivity contribution in [2.75, 3.05) is 5.32 Å². The molecule has 0 saturated heterocycles. The Kier molecular flexibility index (Phi) is 4.93. The minimum Gasteiger partial charge on any atom is -0.454 e. The smallest absolute Gasteiger partial charge is 0.339 e. The van der Waals surface area contributed by atoms with E-state index in [0.717, 1.165) is 33.5 Å². The summed E-state index contributed by atoms with van der Waals surface area (Å²) in [5.74, 6) is -0.538. The van der Waals surface area contributed by atoms with E-state index >= 15 is 0 Å². The Morgan fingerprint density at radius 3 is 2.38 bits per heavy atom. The number of carbonyl (C=O) groups excluding carboxylic acids is 2. The summed E-state index contributed by atoms with van der Waals surface area (Å²) in [5.41, 5.74) is 6.95. The van der Waals surface area contributed by atoms with Gasteiger partial charge in [0.2, 0.25) is 0 Å². The van der Waals surface area contributed by atoms with E-state index in [-0.39, 0.29) is 18.0 Å². The van der Waals surface area contributed by atoms with Gasteiger partial charge in [-0.1, -0.05) is 47.5 Å². The molecule has 0 bridgehead atoms. The first-order chi connectivity index (χ1) is 13.9. The predicted octanol–water partition coefficient (Wildman–Crippen LogP) is 5.32. The molecule has 0 aliphatic carbocycles. The van der Waals surface area contributed by atoms with Crippen LogP contribution in [0.5, 0.6) is 0 Å². The van der Waals surface area contributed by atoms with Crippen LogP contribution in [0, 0.1) is 20.8 Å². The summed E-state index contributed by atoms with van der Waals surface area (Å²) in [5, 5.41) is 2.97. The number of nitrogens with one attached hydrogen (secondary N) is 1. The van der Waals surface area contributed by atoms with Gasteiger partial charge in [-0.15, -0.1) is 0 Å². The molecule has 1 atom stereocenters. The number of rotatable bonds is 3. The minimum absolute atomic E-state index is 0.189. The van der Waals surface area contributed by atoms with Crippen LogP contribution in [0.25, 0.3) is 0 Å². The molecule has 0 fully saturated rings. The van der Waals surface area contributed by atoms with Crippen LogP contribution in [0.4, 0.5) is 5.69 Å². The highest BCUT2D eigenvalue weighted by Crippen LogP contribution is 2.31. The van der Waals surface area contributed by atoms with Gasteiger partial charge in [0.05, 0.1) is 5.56 Å². The highest BCUT2D eigenvalue weighted by atomic mass is 16.5. The lowest BCUT2D eigenvalue weighted by atomic mass is 9.92. The van der Waals surface area contributed by atoms with Gasteiger partial charge in [0.15, 0.2) is 0 Å². The molecule has 1 N–H and O–H groups in total. The van der Waals surface area contributed by atoms with E-state index in [1.807, 2.05) is 63.2 Å². The van der Waals surface area contributed by atoms with Crippen LogP contribution < -0.4 is 5.32 Å². The zero-order chi connectivity index (χ0) is 20.5. The second-order valence-electron chi connectivity index (χ2n) is 7.65. The van der Waals surface area contributed by atoms with E-state index in [0.29, 0.717) is 17.5 Å². The summed E-state index contributed by atoms with van der Waals surface area (Å²) in [7, 11) is 0. The number of cyclic esters (lactones) is 1. The zero-order valence-corrected chi connectivity index (χ0v) is 16.8. The number of carbonyl (C=O) groups is 2. The largest absolute Gasteiger partial charge is 0.454 e. The molecular formula is C25H23NO3. The summed E-state index contributed by atoms with van der Waals surface area (Å²) in [6, 6.07) is 19.0. The van der Waals surface area contributed by atoms with Crippen molar-refractivity contribution in [1.29, 1.82) is 0 Å². The second kappa shape index (κ2) is 7.55. The van der Waals surface area contributed by atoms with Crippen molar-refractivity contribution in [1.82, 2.24) is 0 Å². The molecule has 3 aromatic rings. The van der Waals surface area contributed by atoms with Crippen LogP contribution in [0.3, 0.4) is 0 Å². The average Bonchev–Trinajstić information content (AvgIpc) is 2.70. The summed E-state index contributed by atoms with van der Waals surface area (Å²) in [6.45, 7) is 6.01. The SMILES string of the molecule is Cc1ccc([C@H]2Cc3cc(C(=O)Nc4ccc(C)cc4C)ccc3C(=O)O2)cc1. The molecule has 1 aliphatic heterocycles. The lowest BCUT2D eigenvalue weighted by Gasteiger charge is -2.25. The van der Waals surface area contributed by atoms with Crippen molar-refractivity contribution in [2.45, 2.75) is 33.3 Å². The first-order valence-corrected chi connectivity index (χ1v) is 9.70. The molecule has 1 aliphatic rings. The Balaban J connectivity index is 1.59. The van der Waals surface area contributed by atoms with Crippen molar-refractivity contribution < 1.29 is 14.3 Å². The summed E-state index contributed by atoms with van der Waals surface area (Å²) in [6.07, 6.45) is 0.211. The van der Waals surface area contributed by atoms with Crippen LogP contribution in [0.15, 0.2) is 60.7 Å². The Labute approximate surface area is 170 Å². The number of anilines is 1. The van der Waals surface area contributed by atoms with Gasteiger partial charge in [0, 0.05) is 17.7 Å². The van der Waals surface area contributed by atoms with E-state index in [9.17, 15) is 9.59 Å². The van der Waals surface area contributed by atoms with Crippen molar-refractivity contribution >= 4 is 17.6 Å². The fourth-order valence-electron chi connectivity index (χ4n) is 3.65. The molecule has 4 heteroatoms. The maximum absolute atomic E-state index is 12.8. The standard InChI is InChI=1S/C25H23NO3/c1-15-4-7-18(8-5-15)23-14-20-13-19(9-10-21(20)25(28)29-23)24(27)26-22-11-6-16(2)12-17(22)3/h4-13,23H,14H2,1-3H3,(H,26,27)/t23-/m1/s1. The highest BCUT2D eigenvalue weighted by Gasteiger charge is 2.28. The molecule has 29 heavy (non-hydrogen) atoms. The molecular weight excluding hydrogens is 362 g/mol. The van der Waals surface area contributed by atoms with Crippen molar-refractivity contribution in [2.24, 2.45) is 0 Å². The number of ether oxygens (including phenoxy) is 1. The molecule has 0 spiro atoms. The fraction of sp³-hybridized carbons (Fsp3) is 0.200. The summed E-state index contributed by atoms with van der Waals surface area (Å²) in [4.78, 5) is 25.2. The number of hydrogen-bond donors (Lipinski definition) is 1. The predicted molar refractivity (Wildman–Crippen MR) is 113 cm³/mol. The van der Waals surface area contributed by atoms with E-state index in [2.05, 4.69) is 5.32 Å².